The van der Waals surface area contributed by atoms with E-state index in [1.807, 2.05) is 0 Å². The molecule has 0 unspecified atom stereocenters. The van der Waals surface area contributed by atoms with Crippen molar-refractivity contribution in [1.82, 2.24) is 0 Å². The molecule has 0 amide bonds. The third-order valence-corrected chi connectivity index (χ3v) is 6.06. The predicted molar refractivity (Wildman–Crippen MR) is 103 cm³/mol. The van der Waals surface area contributed by atoms with Crippen LogP contribution in [0.1, 0.15) is 116 Å². The molecular formula is C19H41ClSi. The monoisotopic (exact) mass is 332 g/mol. The first-order valence-electron chi connectivity index (χ1n) is 9.97. The molecule has 0 saturated heterocycles. The first kappa shape index (κ1) is 21.5. The summed E-state index contributed by atoms with van der Waals surface area (Å²) in [4.78, 5) is 0. The molecule has 0 bridgehead atoms. The highest BCUT2D eigenvalue weighted by atomic mass is 35.6. The summed E-state index contributed by atoms with van der Waals surface area (Å²) in [5.74, 6) is 0. The van der Waals surface area contributed by atoms with Gasteiger partial charge in [-0.15, -0.1) is 0 Å². The highest BCUT2D eigenvalue weighted by Crippen LogP contribution is 2.14. The van der Waals surface area contributed by atoms with Crippen LogP contribution in [0.25, 0.3) is 0 Å². The summed E-state index contributed by atoms with van der Waals surface area (Å²) >= 11 is 5.81. The lowest BCUT2D eigenvalue weighted by Crippen LogP contribution is -1.84. The number of unbranched alkanes of at least 4 members (excludes halogenated alkanes) is 16. The van der Waals surface area contributed by atoms with Gasteiger partial charge in [-0.25, -0.2) is 0 Å². The van der Waals surface area contributed by atoms with Crippen LogP contribution in [0.4, 0.5) is 0 Å². The lowest BCUT2D eigenvalue weighted by molar-refractivity contribution is 0.529. The Balaban J connectivity index is 2.90. The van der Waals surface area contributed by atoms with Gasteiger partial charge in [0.1, 0.15) is 8.83 Å². The van der Waals surface area contributed by atoms with E-state index < -0.39 is 0 Å². The molecule has 0 saturated carbocycles. The molecule has 0 aliphatic carbocycles. The molecule has 0 atom stereocenters. The molecule has 21 heavy (non-hydrogen) atoms. The molecule has 128 valence electrons. The molecule has 0 heterocycles. The van der Waals surface area contributed by atoms with Crippen molar-refractivity contribution in [2.24, 2.45) is 0 Å². The summed E-state index contributed by atoms with van der Waals surface area (Å²) in [6, 6.07) is 1.35. The van der Waals surface area contributed by atoms with E-state index in [1.54, 1.807) is 0 Å². The Kier molecular flexibility index (Phi) is 21.0. The molecule has 0 aromatic carbocycles. The van der Waals surface area contributed by atoms with Crippen LogP contribution in [0, 0.1) is 0 Å². The smallest absolute Gasteiger partial charge is 0.125 e. The number of hydrogen-bond donors (Lipinski definition) is 0. The van der Waals surface area contributed by atoms with Crippen LogP contribution >= 0.6 is 11.1 Å². The first-order chi connectivity index (χ1) is 10.4. The molecule has 0 aliphatic rings. The average Bonchev–Trinajstić information content (AvgIpc) is 2.50. The summed E-state index contributed by atoms with van der Waals surface area (Å²) in [5.41, 5.74) is 0. The molecule has 0 spiro atoms. The Labute approximate surface area is 142 Å². The van der Waals surface area contributed by atoms with Gasteiger partial charge in [0.25, 0.3) is 0 Å². The zero-order chi connectivity index (χ0) is 15.4. The molecule has 0 aliphatic heterocycles. The fraction of sp³-hybridized carbons (Fsp3) is 1.00. The second-order valence-electron chi connectivity index (χ2n) is 6.70. The lowest BCUT2D eigenvalue weighted by atomic mass is 10.0. The van der Waals surface area contributed by atoms with E-state index in [9.17, 15) is 0 Å². The predicted octanol–water partition coefficient (Wildman–Crippen LogP) is 7.38. The van der Waals surface area contributed by atoms with Crippen molar-refractivity contribution in [3.8, 4) is 0 Å². The highest BCUT2D eigenvalue weighted by molar-refractivity contribution is 6.93. The molecule has 0 nitrogen and oxygen atoms in total. The van der Waals surface area contributed by atoms with E-state index >= 15 is 0 Å². The Morgan fingerprint density at radius 3 is 1.05 bits per heavy atom. The summed E-state index contributed by atoms with van der Waals surface area (Å²) in [6.45, 7) is 2.29. The normalized spacial score (nSPS) is 11.7. The van der Waals surface area contributed by atoms with E-state index in [-0.39, 0.29) is 8.83 Å². The van der Waals surface area contributed by atoms with Crippen LogP contribution in [-0.2, 0) is 0 Å². The molecule has 0 aromatic rings. The maximum absolute atomic E-state index is 5.81. The van der Waals surface area contributed by atoms with Gasteiger partial charge in [-0.1, -0.05) is 116 Å². The highest BCUT2D eigenvalue weighted by Gasteiger charge is 1.94. The number of hydrogen-bond acceptors (Lipinski definition) is 0. The van der Waals surface area contributed by atoms with E-state index in [4.69, 9.17) is 11.1 Å². The summed E-state index contributed by atoms with van der Waals surface area (Å²) in [5, 5.41) is 0. The minimum absolute atomic E-state index is 0.180. The number of halogens is 1. The molecule has 2 heteroatoms. The Hall–Kier alpha value is 0.507. The van der Waals surface area contributed by atoms with Gasteiger partial charge in [-0.2, -0.15) is 11.1 Å². The van der Waals surface area contributed by atoms with E-state index in [0.29, 0.717) is 0 Å². The largest absolute Gasteiger partial charge is 0.176 e. The van der Waals surface area contributed by atoms with Crippen LogP contribution < -0.4 is 0 Å². The summed E-state index contributed by atoms with van der Waals surface area (Å²) in [6.07, 6.45) is 24.8. The van der Waals surface area contributed by atoms with Gasteiger partial charge in [0, 0.05) is 0 Å². The average molecular weight is 333 g/mol. The van der Waals surface area contributed by atoms with Crippen molar-refractivity contribution in [2.75, 3.05) is 0 Å². The number of rotatable bonds is 18. The zero-order valence-corrected chi connectivity index (χ0v) is 17.0. The van der Waals surface area contributed by atoms with E-state index in [0.717, 1.165) is 0 Å². The fourth-order valence-electron chi connectivity index (χ4n) is 3.00. The van der Waals surface area contributed by atoms with Crippen molar-refractivity contribution < 1.29 is 0 Å². The lowest BCUT2D eigenvalue weighted by Gasteiger charge is -2.03. The van der Waals surface area contributed by atoms with Crippen LogP contribution in [0.2, 0.25) is 6.04 Å². The van der Waals surface area contributed by atoms with Crippen LogP contribution in [0.5, 0.6) is 0 Å². The van der Waals surface area contributed by atoms with Gasteiger partial charge in [0.15, 0.2) is 0 Å². The van der Waals surface area contributed by atoms with E-state index in [1.165, 1.54) is 115 Å². The van der Waals surface area contributed by atoms with Crippen LogP contribution in [-0.4, -0.2) is 8.83 Å². The quantitative estimate of drug-likeness (QED) is 0.139. The van der Waals surface area contributed by atoms with Gasteiger partial charge in [-0.05, 0) is 6.04 Å². The maximum atomic E-state index is 5.81. The van der Waals surface area contributed by atoms with Gasteiger partial charge in [-0.3, -0.25) is 0 Å². The van der Waals surface area contributed by atoms with Crippen molar-refractivity contribution in [2.45, 2.75) is 122 Å². The third-order valence-electron chi connectivity index (χ3n) is 4.49. The molecule has 0 N–H and O–H groups in total. The van der Waals surface area contributed by atoms with Gasteiger partial charge in [0.2, 0.25) is 0 Å². The molecule has 0 fully saturated rings. The minimum atomic E-state index is -0.180. The Bertz CT molecular complexity index is 155. The van der Waals surface area contributed by atoms with Crippen molar-refractivity contribution in [3.05, 3.63) is 0 Å². The maximum Gasteiger partial charge on any atom is 0.125 e. The standard InChI is InChI=1S/C19H41ClSi/c1-2-3-4-5-6-7-8-9-10-11-12-13-14-15-16-17-18-19-21-20/h2-19,21H2,1H3. The van der Waals surface area contributed by atoms with Crippen LogP contribution in [0.15, 0.2) is 0 Å². The molecule has 0 aromatic heterocycles. The van der Waals surface area contributed by atoms with E-state index in [2.05, 4.69) is 6.92 Å². The van der Waals surface area contributed by atoms with Gasteiger partial charge in [0.05, 0.1) is 0 Å². The second kappa shape index (κ2) is 20.5. The SMILES string of the molecule is CCCCCCCCCCCCCCCCCCC[SiH2]Cl. The second-order valence-corrected chi connectivity index (χ2v) is 8.92. The van der Waals surface area contributed by atoms with Crippen LogP contribution in [0.3, 0.4) is 0 Å². The topological polar surface area (TPSA) is 0 Å². The van der Waals surface area contributed by atoms with Crippen molar-refractivity contribution >= 4 is 19.9 Å². The molecular weight excluding hydrogens is 292 g/mol. The third kappa shape index (κ3) is 20.5. The fourth-order valence-corrected chi connectivity index (χ4v) is 4.11. The Morgan fingerprint density at radius 2 is 0.762 bits per heavy atom. The zero-order valence-electron chi connectivity index (χ0n) is 14.8. The van der Waals surface area contributed by atoms with Crippen molar-refractivity contribution in [3.63, 3.8) is 0 Å². The van der Waals surface area contributed by atoms with Gasteiger partial charge >= 0.3 is 0 Å². The molecule has 0 rings (SSSR count). The first-order valence-corrected chi connectivity index (χ1v) is 13.1. The Morgan fingerprint density at radius 1 is 0.476 bits per heavy atom. The summed E-state index contributed by atoms with van der Waals surface area (Å²) in [7, 11) is -0.180. The minimum Gasteiger partial charge on any atom is -0.176 e. The molecule has 0 radical (unpaired) electrons. The van der Waals surface area contributed by atoms with Crippen molar-refractivity contribution in [1.29, 1.82) is 0 Å². The summed E-state index contributed by atoms with van der Waals surface area (Å²) < 4.78 is 0. The van der Waals surface area contributed by atoms with Gasteiger partial charge < -0.3 is 0 Å².